The summed E-state index contributed by atoms with van der Waals surface area (Å²) < 4.78 is 39.9. The first-order valence-electron chi connectivity index (χ1n) is 6.60. The maximum absolute atomic E-state index is 13.7. The minimum Gasteiger partial charge on any atom is -0.398 e. The third-order valence-electron chi connectivity index (χ3n) is 2.83. The van der Waals surface area contributed by atoms with Gasteiger partial charge in [-0.3, -0.25) is 4.79 Å². The number of nitrogens with one attached hydrogen (secondary N) is 2. The van der Waals surface area contributed by atoms with Crippen molar-refractivity contribution in [3.63, 3.8) is 0 Å². The van der Waals surface area contributed by atoms with Crippen LogP contribution in [-0.4, -0.2) is 27.4 Å². The zero-order valence-electron chi connectivity index (χ0n) is 12.1. The van der Waals surface area contributed by atoms with Gasteiger partial charge in [0.25, 0.3) is 0 Å². The first-order valence-corrected chi connectivity index (χ1v) is 8.08. The normalized spacial score (nSPS) is 11.4. The number of hydrogen-bond acceptors (Lipinski definition) is 4. The van der Waals surface area contributed by atoms with Gasteiger partial charge in [0.05, 0.1) is 0 Å². The molecule has 0 atom stereocenters. The van der Waals surface area contributed by atoms with Crippen LogP contribution < -0.4 is 15.8 Å². The summed E-state index contributed by atoms with van der Waals surface area (Å²) in [7, 11) is -4.03. The van der Waals surface area contributed by atoms with E-state index in [1.54, 1.807) is 6.92 Å². The molecule has 4 N–H and O–H groups in total. The number of aryl methyl sites for hydroxylation is 1. The lowest BCUT2D eigenvalue weighted by Gasteiger charge is -2.10. The summed E-state index contributed by atoms with van der Waals surface area (Å²) in [6.45, 7) is 3.92. The molecular formula is C13H20FN3O3S. The van der Waals surface area contributed by atoms with E-state index in [9.17, 15) is 17.6 Å². The number of nitrogen functional groups attached to an aromatic ring is 1. The Morgan fingerprint density at radius 2 is 2.00 bits per heavy atom. The van der Waals surface area contributed by atoms with Crippen molar-refractivity contribution in [2.75, 3.05) is 18.8 Å². The van der Waals surface area contributed by atoms with Gasteiger partial charge in [-0.15, -0.1) is 0 Å². The van der Waals surface area contributed by atoms with Crippen molar-refractivity contribution in [3.8, 4) is 0 Å². The van der Waals surface area contributed by atoms with Gasteiger partial charge in [0.2, 0.25) is 15.9 Å². The molecule has 0 aliphatic rings. The van der Waals surface area contributed by atoms with Gasteiger partial charge in [0.1, 0.15) is 10.7 Å². The highest BCUT2D eigenvalue weighted by molar-refractivity contribution is 7.89. The van der Waals surface area contributed by atoms with Crippen LogP contribution in [-0.2, 0) is 14.8 Å². The van der Waals surface area contributed by atoms with E-state index < -0.39 is 20.7 Å². The molecule has 0 unspecified atom stereocenters. The van der Waals surface area contributed by atoms with E-state index in [0.29, 0.717) is 12.1 Å². The van der Waals surface area contributed by atoms with Crippen molar-refractivity contribution < 1.29 is 17.6 Å². The summed E-state index contributed by atoms with van der Waals surface area (Å²) in [4.78, 5) is 10.8. The number of carbonyl (C=O) groups excluding carboxylic acids is 1. The van der Waals surface area contributed by atoms with Crippen molar-refractivity contribution in [2.45, 2.75) is 31.6 Å². The molecule has 0 aliphatic carbocycles. The average Bonchev–Trinajstić information content (AvgIpc) is 2.40. The van der Waals surface area contributed by atoms with E-state index in [-0.39, 0.29) is 24.6 Å². The third kappa shape index (κ3) is 4.98. The summed E-state index contributed by atoms with van der Waals surface area (Å²) in [6.07, 6.45) is 0.785. The molecule has 21 heavy (non-hydrogen) atoms. The predicted octanol–water partition coefficient (Wildman–Crippen LogP) is 0.911. The summed E-state index contributed by atoms with van der Waals surface area (Å²) in [5.74, 6) is -1.13. The molecule has 118 valence electrons. The fraction of sp³-hybridized carbons (Fsp3) is 0.462. The molecule has 0 aliphatic heterocycles. The first kappa shape index (κ1) is 17.4. The summed E-state index contributed by atoms with van der Waals surface area (Å²) >= 11 is 0. The molecule has 0 spiro atoms. The molecule has 1 aromatic carbocycles. The van der Waals surface area contributed by atoms with Crippen LogP contribution in [0.15, 0.2) is 17.0 Å². The van der Waals surface area contributed by atoms with E-state index in [1.807, 2.05) is 6.92 Å². The lowest BCUT2D eigenvalue weighted by atomic mass is 10.2. The van der Waals surface area contributed by atoms with Crippen LogP contribution in [0.3, 0.4) is 0 Å². The number of anilines is 1. The zero-order chi connectivity index (χ0) is 16.0. The second kappa shape index (κ2) is 7.37. The maximum Gasteiger partial charge on any atom is 0.243 e. The van der Waals surface area contributed by atoms with Crippen LogP contribution in [0.5, 0.6) is 0 Å². The number of amides is 1. The van der Waals surface area contributed by atoms with Crippen LogP contribution >= 0.6 is 0 Å². The van der Waals surface area contributed by atoms with Crippen molar-refractivity contribution in [1.29, 1.82) is 0 Å². The Kier molecular flexibility index (Phi) is 6.10. The lowest BCUT2D eigenvalue weighted by Crippen LogP contribution is -2.31. The van der Waals surface area contributed by atoms with Gasteiger partial charge >= 0.3 is 0 Å². The number of sulfonamides is 1. The van der Waals surface area contributed by atoms with Crippen LogP contribution in [0, 0.1) is 12.7 Å². The largest absolute Gasteiger partial charge is 0.398 e. The minimum atomic E-state index is -4.03. The Labute approximate surface area is 124 Å². The Bertz CT molecular complexity index is 617. The van der Waals surface area contributed by atoms with E-state index in [4.69, 9.17) is 5.73 Å². The SMILES string of the molecule is CCCNC(=O)CCNS(=O)(=O)c1cc(N)c(C)cc1F. The molecular weight excluding hydrogens is 297 g/mol. The number of rotatable bonds is 7. The Hall–Kier alpha value is -1.67. The molecule has 8 heteroatoms. The number of nitrogens with two attached hydrogens (primary N) is 1. The van der Waals surface area contributed by atoms with E-state index in [0.717, 1.165) is 18.6 Å². The molecule has 0 heterocycles. The summed E-state index contributed by atoms with van der Waals surface area (Å²) in [5, 5.41) is 2.62. The fourth-order valence-corrected chi connectivity index (χ4v) is 2.73. The number of hydrogen-bond donors (Lipinski definition) is 3. The standard InChI is InChI=1S/C13H20FN3O3S/c1-3-5-16-13(18)4-6-17-21(19,20)12-8-11(15)9(2)7-10(12)14/h7-8,17H,3-6,15H2,1-2H3,(H,16,18). The van der Waals surface area contributed by atoms with Crippen LogP contribution in [0.4, 0.5) is 10.1 Å². The maximum atomic E-state index is 13.7. The fourth-order valence-electron chi connectivity index (χ4n) is 1.60. The Morgan fingerprint density at radius 1 is 1.33 bits per heavy atom. The average molecular weight is 317 g/mol. The van der Waals surface area contributed by atoms with Crippen molar-refractivity contribution in [2.24, 2.45) is 0 Å². The lowest BCUT2D eigenvalue weighted by molar-refractivity contribution is -0.120. The summed E-state index contributed by atoms with van der Waals surface area (Å²) in [5.41, 5.74) is 6.25. The van der Waals surface area contributed by atoms with Gasteiger partial charge in [-0.2, -0.15) is 0 Å². The molecule has 1 amide bonds. The van der Waals surface area contributed by atoms with Gasteiger partial charge < -0.3 is 11.1 Å². The highest BCUT2D eigenvalue weighted by atomic mass is 32.2. The van der Waals surface area contributed by atoms with Crippen LogP contribution in [0.25, 0.3) is 0 Å². The Morgan fingerprint density at radius 3 is 2.62 bits per heavy atom. The van der Waals surface area contributed by atoms with Gasteiger partial charge in [-0.05, 0) is 31.0 Å². The third-order valence-corrected chi connectivity index (χ3v) is 4.30. The van der Waals surface area contributed by atoms with Crippen LogP contribution in [0.1, 0.15) is 25.3 Å². The molecule has 1 rings (SSSR count). The van der Waals surface area contributed by atoms with Gasteiger partial charge in [0, 0.05) is 25.2 Å². The van der Waals surface area contributed by atoms with E-state index >= 15 is 0 Å². The van der Waals surface area contributed by atoms with Crippen molar-refractivity contribution in [3.05, 3.63) is 23.5 Å². The van der Waals surface area contributed by atoms with Gasteiger partial charge in [-0.25, -0.2) is 17.5 Å². The highest BCUT2D eigenvalue weighted by Crippen LogP contribution is 2.21. The van der Waals surface area contributed by atoms with Crippen molar-refractivity contribution >= 4 is 21.6 Å². The molecule has 0 saturated heterocycles. The second-order valence-corrected chi connectivity index (χ2v) is 6.37. The smallest absolute Gasteiger partial charge is 0.243 e. The van der Waals surface area contributed by atoms with E-state index in [2.05, 4.69) is 10.0 Å². The van der Waals surface area contributed by atoms with Crippen LogP contribution in [0.2, 0.25) is 0 Å². The quantitative estimate of drug-likeness (QED) is 0.651. The highest BCUT2D eigenvalue weighted by Gasteiger charge is 2.20. The van der Waals surface area contributed by atoms with Gasteiger partial charge in [-0.1, -0.05) is 6.92 Å². The Balaban J connectivity index is 2.70. The molecule has 0 radical (unpaired) electrons. The summed E-state index contributed by atoms with van der Waals surface area (Å²) in [6, 6.07) is 2.14. The predicted molar refractivity (Wildman–Crippen MR) is 78.7 cm³/mol. The number of carbonyl (C=O) groups is 1. The number of benzene rings is 1. The molecule has 0 aromatic heterocycles. The molecule has 1 aromatic rings. The molecule has 0 fully saturated rings. The second-order valence-electron chi connectivity index (χ2n) is 4.64. The monoisotopic (exact) mass is 317 g/mol. The first-order chi connectivity index (χ1) is 9.77. The molecule has 6 nitrogen and oxygen atoms in total. The van der Waals surface area contributed by atoms with Gasteiger partial charge in [0.15, 0.2) is 0 Å². The topological polar surface area (TPSA) is 101 Å². The number of halogens is 1. The minimum absolute atomic E-state index is 0.0117. The molecule has 0 saturated carbocycles. The zero-order valence-corrected chi connectivity index (χ0v) is 12.9. The molecule has 0 bridgehead atoms. The van der Waals surface area contributed by atoms with Crippen molar-refractivity contribution in [1.82, 2.24) is 10.0 Å². The van der Waals surface area contributed by atoms with E-state index in [1.165, 1.54) is 0 Å².